The molecular weight excluding hydrogens is 286 g/mol. The first-order valence-electron chi connectivity index (χ1n) is 6.96. The van der Waals surface area contributed by atoms with Crippen molar-refractivity contribution in [3.63, 3.8) is 0 Å². The monoisotopic (exact) mass is 305 g/mol. The van der Waals surface area contributed by atoms with Crippen LogP contribution in [-0.4, -0.2) is 9.97 Å². The molecule has 1 aromatic heterocycles. The zero-order chi connectivity index (χ0) is 15.2. The molecule has 0 bridgehead atoms. The van der Waals surface area contributed by atoms with Crippen LogP contribution < -0.4 is 16.6 Å². The zero-order valence-corrected chi connectivity index (χ0v) is 13.0. The Morgan fingerprint density at radius 2 is 1.81 bits per heavy atom. The van der Waals surface area contributed by atoms with Crippen LogP contribution >= 0.6 is 11.6 Å². The van der Waals surface area contributed by atoms with Gasteiger partial charge in [0.1, 0.15) is 17.5 Å². The third-order valence-corrected chi connectivity index (χ3v) is 3.43. The number of aryl methyl sites for hydroxylation is 1. The molecule has 0 aliphatic rings. The minimum atomic E-state index is 0.659. The van der Waals surface area contributed by atoms with Gasteiger partial charge in [0, 0.05) is 23.6 Å². The highest BCUT2D eigenvalue weighted by Gasteiger charge is 2.09. The van der Waals surface area contributed by atoms with E-state index in [0.717, 1.165) is 40.6 Å². The smallest absolute Gasteiger partial charge is 0.148 e. The molecule has 0 spiro atoms. The molecule has 2 rings (SSSR count). The van der Waals surface area contributed by atoms with E-state index in [1.807, 2.05) is 31.2 Å². The van der Waals surface area contributed by atoms with Crippen LogP contribution in [0, 0.1) is 6.92 Å². The van der Waals surface area contributed by atoms with Crippen molar-refractivity contribution in [2.45, 2.75) is 33.2 Å². The summed E-state index contributed by atoms with van der Waals surface area (Å²) < 4.78 is 0. The number of aromatic nitrogens is 2. The maximum absolute atomic E-state index is 5.89. The third kappa shape index (κ3) is 4.06. The predicted octanol–water partition coefficient (Wildman–Crippen LogP) is 3.29. The first-order valence-corrected chi connectivity index (χ1v) is 7.34. The van der Waals surface area contributed by atoms with E-state index in [2.05, 4.69) is 27.6 Å². The fourth-order valence-electron chi connectivity index (χ4n) is 2.00. The molecule has 0 saturated heterocycles. The second kappa shape index (κ2) is 7.24. The van der Waals surface area contributed by atoms with Gasteiger partial charge in [0.25, 0.3) is 0 Å². The van der Waals surface area contributed by atoms with Crippen molar-refractivity contribution >= 4 is 23.2 Å². The Balaban J connectivity index is 2.17. The van der Waals surface area contributed by atoms with Gasteiger partial charge in [0.05, 0.1) is 0 Å². The molecule has 21 heavy (non-hydrogen) atoms. The first-order chi connectivity index (χ1) is 10.1. The highest BCUT2D eigenvalue weighted by molar-refractivity contribution is 6.30. The number of hydrazine groups is 1. The van der Waals surface area contributed by atoms with E-state index in [9.17, 15) is 0 Å². The Morgan fingerprint density at radius 1 is 1.14 bits per heavy atom. The predicted molar refractivity (Wildman–Crippen MR) is 87.4 cm³/mol. The van der Waals surface area contributed by atoms with Gasteiger partial charge in [-0.3, -0.25) is 0 Å². The van der Waals surface area contributed by atoms with Crippen LogP contribution in [0.25, 0.3) is 0 Å². The highest BCUT2D eigenvalue weighted by atomic mass is 35.5. The number of nitrogens with zero attached hydrogens (tertiary/aromatic N) is 2. The van der Waals surface area contributed by atoms with Gasteiger partial charge in [-0.15, -0.1) is 0 Å². The average Bonchev–Trinajstić information content (AvgIpc) is 2.49. The largest absolute Gasteiger partial charge is 0.366 e. The molecule has 0 aliphatic heterocycles. The molecule has 6 heteroatoms. The standard InChI is InChI=1S/C15H20ClN5/c1-3-4-13-19-14(10(2)15(20-13)21-17)18-9-11-5-7-12(16)8-6-11/h5-8H,3-4,9,17H2,1-2H3,(H2,18,19,20,21). The second-order valence-electron chi connectivity index (χ2n) is 4.84. The SMILES string of the molecule is CCCc1nc(NN)c(C)c(NCc2ccc(Cl)cc2)n1. The van der Waals surface area contributed by atoms with Crippen molar-refractivity contribution in [1.82, 2.24) is 9.97 Å². The van der Waals surface area contributed by atoms with Gasteiger partial charge in [-0.25, -0.2) is 15.8 Å². The van der Waals surface area contributed by atoms with Crippen molar-refractivity contribution in [2.75, 3.05) is 10.7 Å². The molecule has 4 N–H and O–H groups in total. The van der Waals surface area contributed by atoms with E-state index in [1.165, 1.54) is 0 Å². The summed E-state index contributed by atoms with van der Waals surface area (Å²) in [5.41, 5.74) is 4.68. The van der Waals surface area contributed by atoms with E-state index >= 15 is 0 Å². The molecule has 5 nitrogen and oxygen atoms in total. The summed E-state index contributed by atoms with van der Waals surface area (Å²) in [5.74, 6) is 7.77. The average molecular weight is 306 g/mol. The van der Waals surface area contributed by atoms with Crippen LogP contribution in [0.3, 0.4) is 0 Å². The Kier molecular flexibility index (Phi) is 5.36. The molecular formula is C15H20ClN5. The molecule has 0 atom stereocenters. The minimum absolute atomic E-state index is 0.659. The molecule has 1 aromatic carbocycles. The van der Waals surface area contributed by atoms with E-state index in [0.29, 0.717) is 12.4 Å². The van der Waals surface area contributed by atoms with Crippen molar-refractivity contribution in [1.29, 1.82) is 0 Å². The normalized spacial score (nSPS) is 10.5. The van der Waals surface area contributed by atoms with Crippen LogP contribution in [-0.2, 0) is 13.0 Å². The Bertz CT molecular complexity index is 598. The Morgan fingerprint density at radius 3 is 2.43 bits per heavy atom. The lowest BCUT2D eigenvalue weighted by molar-refractivity contribution is 0.830. The highest BCUT2D eigenvalue weighted by Crippen LogP contribution is 2.20. The van der Waals surface area contributed by atoms with Crippen LogP contribution in [0.15, 0.2) is 24.3 Å². The summed E-state index contributed by atoms with van der Waals surface area (Å²) >= 11 is 5.89. The lowest BCUT2D eigenvalue weighted by Gasteiger charge is -2.13. The van der Waals surface area contributed by atoms with Gasteiger partial charge < -0.3 is 10.7 Å². The molecule has 0 radical (unpaired) electrons. The maximum atomic E-state index is 5.89. The van der Waals surface area contributed by atoms with Gasteiger partial charge in [0.2, 0.25) is 0 Å². The second-order valence-corrected chi connectivity index (χ2v) is 5.27. The summed E-state index contributed by atoms with van der Waals surface area (Å²) in [5, 5.41) is 4.07. The summed E-state index contributed by atoms with van der Waals surface area (Å²) in [6.45, 7) is 4.71. The van der Waals surface area contributed by atoms with Crippen LogP contribution in [0.1, 0.15) is 30.3 Å². The number of nitrogen functional groups attached to an aromatic ring is 1. The molecule has 0 unspecified atom stereocenters. The van der Waals surface area contributed by atoms with E-state index in [-0.39, 0.29) is 0 Å². The number of hydrogen-bond donors (Lipinski definition) is 3. The Labute approximate surface area is 129 Å². The summed E-state index contributed by atoms with van der Waals surface area (Å²) in [6.07, 6.45) is 1.81. The fourth-order valence-corrected chi connectivity index (χ4v) is 2.13. The van der Waals surface area contributed by atoms with E-state index < -0.39 is 0 Å². The zero-order valence-electron chi connectivity index (χ0n) is 12.3. The number of anilines is 2. The van der Waals surface area contributed by atoms with Crippen molar-refractivity contribution in [2.24, 2.45) is 5.84 Å². The lowest BCUT2D eigenvalue weighted by Crippen LogP contribution is -2.15. The first kappa shape index (κ1) is 15.5. The van der Waals surface area contributed by atoms with Crippen molar-refractivity contribution < 1.29 is 0 Å². The number of hydrogen-bond acceptors (Lipinski definition) is 5. The molecule has 2 aromatic rings. The molecule has 0 fully saturated rings. The number of halogens is 1. The molecule has 112 valence electrons. The topological polar surface area (TPSA) is 75.9 Å². The molecule has 0 aliphatic carbocycles. The lowest BCUT2D eigenvalue weighted by atomic mass is 10.2. The summed E-state index contributed by atoms with van der Waals surface area (Å²) in [4.78, 5) is 8.96. The van der Waals surface area contributed by atoms with E-state index in [1.54, 1.807) is 0 Å². The van der Waals surface area contributed by atoms with Gasteiger partial charge in [-0.1, -0.05) is 30.7 Å². The number of nitrogens with two attached hydrogens (primary N) is 1. The summed E-state index contributed by atoms with van der Waals surface area (Å²) in [6, 6.07) is 7.73. The van der Waals surface area contributed by atoms with Gasteiger partial charge in [-0.2, -0.15) is 0 Å². The van der Waals surface area contributed by atoms with E-state index in [4.69, 9.17) is 17.4 Å². The van der Waals surface area contributed by atoms with Gasteiger partial charge >= 0.3 is 0 Å². The van der Waals surface area contributed by atoms with Gasteiger partial charge in [0.15, 0.2) is 0 Å². The number of rotatable bonds is 6. The third-order valence-electron chi connectivity index (χ3n) is 3.18. The Hall–Kier alpha value is -1.85. The quantitative estimate of drug-likeness (QED) is 0.564. The van der Waals surface area contributed by atoms with Crippen molar-refractivity contribution in [3.05, 3.63) is 46.2 Å². The van der Waals surface area contributed by atoms with Gasteiger partial charge in [-0.05, 0) is 31.0 Å². The number of nitrogens with one attached hydrogen (secondary N) is 2. The molecule has 1 heterocycles. The van der Waals surface area contributed by atoms with Crippen LogP contribution in [0.2, 0.25) is 5.02 Å². The van der Waals surface area contributed by atoms with Crippen LogP contribution in [0.5, 0.6) is 0 Å². The van der Waals surface area contributed by atoms with Crippen LogP contribution in [0.4, 0.5) is 11.6 Å². The fraction of sp³-hybridized carbons (Fsp3) is 0.333. The molecule has 0 saturated carbocycles. The minimum Gasteiger partial charge on any atom is -0.366 e. The maximum Gasteiger partial charge on any atom is 0.148 e. The number of benzene rings is 1. The summed E-state index contributed by atoms with van der Waals surface area (Å²) in [7, 11) is 0. The van der Waals surface area contributed by atoms with Crippen molar-refractivity contribution in [3.8, 4) is 0 Å². The molecule has 0 amide bonds.